The monoisotopic (exact) mass is 298 g/mol. The van der Waals surface area contributed by atoms with Crippen molar-refractivity contribution >= 4 is 33.2 Å². The van der Waals surface area contributed by atoms with Crippen LogP contribution in [0.1, 0.15) is 9.67 Å². The summed E-state index contributed by atoms with van der Waals surface area (Å²) in [4.78, 5) is 10.9. The lowest BCUT2D eigenvalue weighted by Crippen LogP contribution is -1.90. The van der Waals surface area contributed by atoms with Crippen LogP contribution in [0, 0.1) is 0 Å². The first-order valence-electron chi connectivity index (χ1n) is 4.40. The van der Waals surface area contributed by atoms with E-state index in [1.807, 2.05) is 24.3 Å². The van der Waals surface area contributed by atoms with Gasteiger partial charge in [0.15, 0.2) is 0 Å². The SMILES string of the molecule is O=C(O)c1cc(Oc2cccc(Br)c2)cs1. The molecule has 2 aromatic rings. The molecule has 0 aliphatic heterocycles. The second-order valence-corrected chi connectivity index (χ2v) is 4.84. The predicted octanol–water partition coefficient (Wildman–Crippen LogP) is 4.00. The van der Waals surface area contributed by atoms with Crippen molar-refractivity contribution in [2.45, 2.75) is 0 Å². The van der Waals surface area contributed by atoms with E-state index in [0.29, 0.717) is 11.5 Å². The summed E-state index contributed by atoms with van der Waals surface area (Å²) in [7, 11) is 0. The summed E-state index contributed by atoms with van der Waals surface area (Å²) < 4.78 is 6.42. The lowest BCUT2D eigenvalue weighted by molar-refractivity contribution is 0.0702. The molecule has 5 heteroatoms. The molecule has 2 rings (SSSR count). The van der Waals surface area contributed by atoms with Gasteiger partial charge in [-0.3, -0.25) is 0 Å². The van der Waals surface area contributed by atoms with Crippen molar-refractivity contribution in [2.75, 3.05) is 0 Å². The molecule has 0 amide bonds. The Morgan fingerprint density at radius 1 is 1.31 bits per heavy atom. The molecule has 0 saturated carbocycles. The Kier molecular flexibility index (Phi) is 3.26. The molecule has 16 heavy (non-hydrogen) atoms. The average Bonchev–Trinajstić information content (AvgIpc) is 2.66. The molecule has 1 aromatic heterocycles. The summed E-state index contributed by atoms with van der Waals surface area (Å²) in [6.45, 7) is 0. The van der Waals surface area contributed by atoms with Crippen LogP contribution in [0.2, 0.25) is 0 Å². The van der Waals surface area contributed by atoms with Gasteiger partial charge in [0.2, 0.25) is 0 Å². The van der Waals surface area contributed by atoms with E-state index >= 15 is 0 Å². The van der Waals surface area contributed by atoms with Crippen LogP contribution >= 0.6 is 27.3 Å². The number of ether oxygens (including phenoxy) is 1. The molecule has 0 unspecified atom stereocenters. The highest BCUT2D eigenvalue weighted by Gasteiger charge is 2.08. The van der Waals surface area contributed by atoms with E-state index < -0.39 is 5.97 Å². The minimum Gasteiger partial charge on any atom is -0.477 e. The lowest BCUT2D eigenvalue weighted by Gasteiger charge is -2.02. The second kappa shape index (κ2) is 4.67. The highest BCUT2D eigenvalue weighted by molar-refractivity contribution is 9.10. The Morgan fingerprint density at radius 3 is 2.75 bits per heavy atom. The maximum absolute atomic E-state index is 10.7. The van der Waals surface area contributed by atoms with Crippen molar-refractivity contribution in [3.05, 3.63) is 45.1 Å². The zero-order valence-corrected chi connectivity index (χ0v) is 10.4. The topological polar surface area (TPSA) is 46.5 Å². The smallest absolute Gasteiger partial charge is 0.346 e. The molecule has 1 aromatic carbocycles. The predicted molar refractivity (Wildman–Crippen MR) is 65.5 cm³/mol. The van der Waals surface area contributed by atoms with Gasteiger partial charge in [-0.25, -0.2) is 4.79 Å². The summed E-state index contributed by atoms with van der Waals surface area (Å²) in [5, 5.41) is 10.4. The normalized spacial score (nSPS) is 10.1. The maximum Gasteiger partial charge on any atom is 0.346 e. The van der Waals surface area contributed by atoms with Crippen LogP contribution in [0.3, 0.4) is 0 Å². The first-order chi connectivity index (χ1) is 7.65. The molecular weight excluding hydrogens is 292 g/mol. The fourth-order valence-electron chi connectivity index (χ4n) is 1.15. The molecule has 3 nitrogen and oxygen atoms in total. The molecule has 0 aliphatic rings. The van der Waals surface area contributed by atoms with Gasteiger partial charge < -0.3 is 9.84 Å². The Bertz CT molecular complexity index is 521. The summed E-state index contributed by atoms with van der Waals surface area (Å²) >= 11 is 4.48. The highest BCUT2D eigenvalue weighted by Crippen LogP contribution is 2.28. The van der Waals surface area contributed by atoms with Crippen molar-refractivity contribution in [1.82, 2.24) is 0 Å². The standard InChI is InChI=1S/C11H7BrO3S/c12-7-2-1-3-8(4-7)15-9-5-10(11(13)14)16-6-9/h1-6H,(H,13,14). The number of aromatic carboxylic acids is 1. The van der Waals surface area contributed by atoms with E-state index in [9.17, 15) is 4.79 Å². The second-order valence-electron chi connectivity index (χ2n) is 3.01. The Balaban J connectivity index is 2.17. The van der Waals surface area contributed by atoms with Gasteiger partial charge in [0.1, 0.15) is 16.4 Å². The van der Waals surface area contributed by atoms with Crippen molar-refractivity contribution in [3.63, 3.8) is 0 Å². The average molecular weight is 299 g/mol. The molecule has 0 bridgehead atoms. The molecule has 0 spiro atoms. The summed E-state index contributed by atoms with van der Waals surface area (Å²) in [6.07, 6.45) is 0. The van der Waals surface area contributed by atoms with Gasteiger partial charge in [0.05, 0.1) is 0 Å². The van der Waals surface area contributed by atoms with Crippen molar-refractivity contribution in [3.8, 4) is 11.5 Å². The van der Waals surface area contributed by atoms with Crippen LogP contribution in [0.4, 0.5) is 0 Å². The van der Waals surface area contributed by atoms with Crippen molar-refractivity contribution in [2.24, 2.45) is 0 Å². The first kappa shape index (κ1) is 11.2. The quantitative estimate of drug-likeness (QED) is 0.931. The molecule has 82 valence electrons. The van der Waals surface area contributed by atoms with E-state index in [1.165, 1.54) is 6.07 Å². The van der Waals surface area contributed by atoms with Crippen LogP contribution in [-0.4, -0.2) is 11.1 Å². The van der Waals surface area contributed by atoms with Gasteiger partial charge in [0, 0.05) is 15.9 Å². The van der Waals surface area contributed by atoms with E-state index in [1.54, 1.807) is 5.38 Å². The summed E-state index contributed by atoms with van der Waals surface area (Å²) in [5.74, 6) is 0.277. The van der Waals surface area contributed by atoms with E-state index in [0.717, 1.165) is 15.8 Å². The van der Waals surface area contributed by atoms with Crippen LogP contribution in [0.25, 0.3) is 0 Å². The fraction of sp³-hybridized carbons (Fsp3) is 0. The molecule has 0 radical (unpaired) electrons. The number of thiophene rings is 1. The molecule has 0 atom stereocenters. The molecule has 0 fully saturated rings. The molecular formula is C11H7BrO3S. The number of carboxylic acids is 1. The largest absolute Gasteiger partial charge is 0.477 e. The number of hydrogen-bond donors (Lipinski definition) is 1. The molecule has 1 N–H and O–H groups in total. The number of halogens is 1. The highest BCUT2D eigenvalue weighted by atomic mass is 79.9. The maximum atomic E-state index is 10.7. The minimum absolute atomic E-state index is 0.269. The lowest BCUT2D eigenvalue weighted by atomic mass is 10.3. The van der Waals surface area contributed by atoms with Crippen LogP contribution < -0.4 is 4.74 Å². The Labute approximate surface area is 104 Å². The van der Waals surface area contributed by atoms with E-state index in [4.69, 9.17) is 9.84 Å². The zero-order valence-electron chi connectivity index (χ0n) is 8.01. The van der Waals surface area contributed by atoms with Crippen LogP contribution in [0.15, 0.2) is 40.2 Å². The van der Waals surface area contributed by atoms with Gasteiger partial charge in [-0.05, 0) is 18.2 Å². The number of hydrogen-bond acceptors (Lipinski definition) is 3. The van der Waals surface area contributed by atoms with Gasteiger partial charge in [-0.15, -0.1) is 11.3 Å². The third kappa shape index (κ3) is 2.62. The Morgan fingerprint density at radius 2 is 2.12 bits per heavy atom. The molecule has 0 saturated heterocycles. The van der Waals surface area contributed by atoms with Crippen molar-refractivity contribution < 1.29 is 14.6 Å². The molecule has 1 heterocycles. The number of carboxylic acid groups (broad SMARTS) is 1. The Hall–Kier alpha value is -1.33. The summed E-state index contributed by atoms with van der Waals surface area (Å²) in [6, 6.07) is 8.88. The third-order valence-corrected chi connectivity index (χ3v) is 3.21. The van der Waals surface area contributed by atoms with Gasteiger partial charge in [-0.1, -0.05) is 22.0 Å². The number of benzene rings is 1. The van der Waals surface area contributed by atoms with Crippen molar-refractivity contribution in [1.29, 1.82) is 0 Å². The molecule has 0 aliphatic carbocycles. The fourth-order valence-corrected chi connectivity index (χ4v) is 2.17. The first-order valence-corrected chi connectivity index (χ1v) is 6.07. The van der Waals surface area contributed by atoms with E-state index in [-0.39, 0.29) is 4.88 Å². The van der Waals surface area contributed by atoms with Gasteiger partial charge in [0.25, 0.3) is 0 Å². The number of rotatable bonds is 3. The zero-order chi connectivity index (χ0) is 11.5. The van der Waals surface area contributed by atoms with Crippen LogP contribution in [0.5, 0.6) is 11.5 Å². The van der Waals surface area contributed by atoms with E-state index in [2.05, 4.69) is 15.9 Å². The minimum atomic E-state index is -0.936. The number of carbonyl (C=O) groups is 1. The summed E-state index contributed by atoms with van der Waals surface area (Å²) in [5.41, 5.74) is 0. The van der Waals surface area contributed by atoms with Gasteiger partial charge >= 0.3 is 5.97 Å². The van der Waals surface area contributed by atoms with Gasteiger partial charge in [-0.2, -0.15) is 0 Å². The van der Waals surface area contributed by atoms with Crippen LogP contribution in [-0.2, 0) is 0 Å². The third-order valence-electron chi connectivity index (χ3n) is 1.82.